The SMILES string of the molecule is O=C(O)CCCC[C@@H]1SC[C@@H]2NC(=O)N[C@@H]21.[O-2].[Zn+2]. The van der Waals surface area contributed by atoms with Crippen molar-refractivity contribution in [2.45, 2.75) is 43.0 Å². The fraction of sp³-hybridized carbons (Fsp3) is 0.800. The third-order valence-corrected chi connectivity index (χ3v) is 4.58. The van der Waals surface area contributed by atoms with Gasteiger partial charge in [0.25, 0.3) is 0 Å². The fourth-order valence-electron chi connectivity index (χ4n) is 2.26. The summed E-state index contributed by atoms with van der Waals surface area (Å²) in [7, 11) is 0. The largest absolute Gasteiger partial charge is 2.00 e. The number of carbonyl (C=O) groups excluding carboxylic acids is 1. The molecule has 2 amide bonds. The minimum atomic E-state index is -0.729. The summed E-state index contributed by atoms with van der Waals surface area (Å²) >= 11 is 1.87. The van der Waals surface area contributed by atoms with Crippen molar-refractivity contribution in [1.82, 2.24) is 10.6 Å². The van der Waals surface area contributed by atoms with Gasteiger partial charge in [-0.1, -0.05) is 6.42 Å². The van der Waals surface area contributed by atoms with E-state index in [1.165, 1.54) is 0 Å². The first-order valence-electron chi connectivity index (χ1n) is 5.57. The van der Waals surface area contributed by atoms with Gasteiger partial charge in [0.05, 0.1) is 12.1 Å². The summed E-state index contributed by atoms with van der Waals surface area (Å²) in [6, 6.07) is 0.440. The molecule has 3 N–H and O–H groups in total. The van der Waals surface area contributed by atoms with Crippen molar-refractivity contribution in [2.75, 3.05) is 5.75 Å². The summed E-state index contributed by atoms with van der Waals surface area (Å²) in [5.41, 5.74) is 0. The molecule has 2 heterocycles. The van der Waals surface area contributed by atoms with E-state index in [-0.39, 0.29) is 49.5 Å². The molecule has 0 radical (unpaired) electrons. The molecule has 0 aromatic heterocycles. The van der Waals surface area contributed by atoms with E-state index >= 15 is 0 Å². The van der Waals surface area contributed by atoms with Crippen LogP contribution >= 0.6 is 11.8 Å². The topological polar surface area (TPSA) is 107 Å². The Labute approximate surface area is 123 Å². The van der Waals surface area contributed by atoms with Crippen LogP contribution in [-0.4, -0.2) is 40.2 Å². The molecule has 0 bridgehead atoms. The number of fused-ring (bicyclic) bond motifs is 1. The van der Waals surface area contributed by atoms with Crippen LogP contribution in [0.2, 0.25) is 0 Å². The van der Waals surface area contributed by atoms with Crippen LogP contribution in [0.4, 0.5) is 4.79 Å². The molecule has 0 aromatic carbocycles. The molecule has 0 spiro atoms. The van der Waals surface area contributed by atoms with Gasteiger partial charge >= 0.3 is 31.5 Å². The third-order valence-electron chi connectivity index (χ3n) is 3.07. The van der Waals surface area contributed by atoms with E-state index in [9.17, 15) is 9.59 Å². The molecular formula is C10H16N2O4SZn. The molecule has 6 nitrogen and oxygen atoms in total. The number of carbonyl (C=O) groups is 2. The molecule has 18 heavy (non-hydrogen) atoms. The molecule has 2 rings (SSSR count). The number of thioether (sulfide) groups is 1. The minimum Gasteiger partial charge on any atom is -2.00 e. The number of urea groups is 1. The first kappa shape index (κ1) is 17.7. The number of aliphatic carboxylic acids is 1. The number of rotatable bonds is 5. The number of carboxylic acid groups (broad SMARTS) is 1. The van der Waals surface area contributed by atoms with Crippen molar-refractivity contribution in [3.8, 4) is 0 Å². The van der Waals surface area contributed by atoms with Crippen LogP contribution in [0.25, 0.3) is 0 Å². The normalized spacial score (nSPS) is 28.4. The molecule has 2 fully saturated rings. The maximum absolute atomic E-state index is 11.1. The molecule has 0 aromatic rings. The molecule has 0 saturated carbocycles. The van der Waals surface area contributed by atoms with Crippen LogP contribution in [0.3, 0.4) is 0 Å². The van der Waals surface area contributed by atoms with Gasteiger partial charge < -0.3 is 21.2 Å². The van der Waals surface area contributed by atoms with Gasteiger partial charge in [0.15, 0.2) is 0 Å². The summed E-state index contributed by atoms with van der Waals surface area (Å²) in [5, 5.41) is 14.8. The predicted molar refractivity (Wildman–Crippen MR) is 62.3 cm³/mol. The number of hydrogen-bond donors (Lipinski definition) is 3. The fourth-order valence-corrected chi connectivity index (χ4v) is 3.81. The zero-order valence-electron chi connectivity index (χ0n) is 10.1. The first-order valence-corrected chi connectivity index (χ1v) is 6.62. The molecule has 2 aliphatic rings. The monoisotopic (exact) mass is 324 g/mol. The minimum absolute atomic E-state index is 0. The second kappa shape index (κ2) is 7.97. The Kier molecular flexibility index (Phi) is 7.82. The maximum atomic E-state index is 11.1. The van der Waals surface area contributed by atoms with Gasteiger partial charge in [-0.3, -0.25) is 4.79 Å². The van der Waals surface area contributed by atoms with Crippen molar-refractivity contribution in [3.05, 3.63) is 0 Å². The van der Waals surface area contributed by atoms with Gasteiger partial charge in [-0.15, -0.1) is 0 Å². The molecule has 0 unspecified atom stereocenters. The van der Waals surface area contributed by atoms with E-state index in [0.717, 1.165) is 25.0 Å². The number of amides is 2. The quantitative estimate of drug-likeness (QED) is 0.392. The second-order valence-corrected chi connectivity index (χ2v) is 5.53. The summed E-state index contributed by atoms with van der Waals surface area (Å²) < 4.78 is 0. The average molecular weight is 326 g/mol. The average Bonchev–Trinajstić information content (AvgIpc) is 2.72. The van der Waals surface area contributed by atoms with Crippen molar-refractivity contribution >= 4 is 23.8 Å². The van der Waals surface area contributed by atoms with Crippen molar-refractivity contribution in [2.24, 2.45) is 0 Å². The van der Waals surface area contributed by atoms with Crippen LogP contribution in [0.15, 0.2) is 0 Å². The third kappa shape index (κ3) is 4.41. The number of nitrogens with one attached hydrogen (secondary N) is 2. The van der Waals surface area contributed by atoms with Gasteiger partial charge in [0, 0.05) is 17.4 Å². The van der Waals surface area contributed by atoms with Crippen molar-refractivity contribution < 1.29 is 39.6 Å². The van der Waals surface area contributed by atoms with E-state index in [1.54, 1.807) is 0 Å². The van der Waals surface area contributed by atoms with Crippen LogP contribution in [-0.2, 0) is 29.7 Å². The van der Waals surface area contributed by atoms with Gasteiger partial charge in [-0.2, -0.15) is 11.8 Å². The second-order valence-electron chi connectivity index (χ2n) is 4.26. The van der Waals surface area contributed by atoms with Crippen LogP contribution in [0.1, 0.15) is 25.7 Å². The van der Waals surface area contributed by atoms with E-state index in [1.807, 2.05) is 11.8 Å². The van der Waals surface area contributed by atoms with E-state index in [2.05, 4.69) is 10.6 Å². The van der Waals surface area contributed by atoms with Crippen molar-refractivity contribution in [1.29, 1.82) is 0 Å². The predicted octanol–water partition coefficient (Wildman–Crippen LogP) is 0.676. The Morgan fingerprint density at radius 1 is 1.39 bits per heavy atom. The van der Waals surface area contributed by atoms with E-state index < -0.39 is 5.97 Å². The zero-order chi connectivity index (χ0) is 11.5. The molecule has 0 aliphatic carbocycles. The smallest absolute Gasteiger partial charge is 2.00 e. The van der Waals surface area contributed by atoms with Gasteiger partial charge in [0.1, 0.15) is 0 Å². The molecular weight excluding hydrogens is 310 g/mol. The number of hydrogen-bond acceptors (Lipinski definition) is 3. The van der Waals surface area contributed by atoms with Crippen LogP contribution < -0.4 is 10.6 Å². The van der Waals surface area contributed by atoms with Crippen LogP contribution in [0, 0.1) is 0 Å². The molecule has 3 atom stereocenters. The van der Waals surface area contributed by atoms with Gasteiger partial charge in [-0.05, 0) is 12.8 Å². The first-order chi connectivity index (χ1) is 7.66. The van der Waals surface area contributed by atoms with Crippen molar-refractivity contribution in [3.63, 3.8) is 0 Å². The molecule has 2 saturated heterocycles. The summed E-state index contributed by atoms with van der Waals surface area (Å²) in [6.45, 7) is 0. The van der Waals surface area contributed by atoms with E-state index in [4.69, 9.17) is 5.11 Å². The van der Waals surface area contributed by atoms with Crippen LogP contribution in [0.5, 0.6) is 0 Å². The summed E-state index contributed by atoms with van der Waals surface area (Å²) in [4.78, 5) is 21.5. The summed E-state index contributed by atoms with van der Waals surface area (Å²) in [5.74, 6) is 0.236. The van der Waals surface area contributed by atoms with Gasteiger partial charge in [-0.25, -0.2) is 4.79 Å². The molecule has 8 heteroatoms. The standard InChI is InChI=1S/C10H16N2O3S.O.Zn/c13-8(14)4-2-1-3-7-9-6(5-16-7)11-10(15)12-9;;/h6-7,9H,1-5H2,(H,13,14)(H2,11,12,15);;/q;-2;+2/t6-,7-,9-;;/m0../s1. The number of carboxylic acids is 1. The molecule has 2 aliphatic heterocycles. The molecule has 98 valence electrons. The van der Waals surface area contributed by atoms with E-state index in [0.29, 0.717) is 5.25 Å². The summed E-state index contributed by atoms with van der Waals surface area (Å²) in [6.07, 6.45) is 2.88. The Morgan fingerprint density at radius 2 is 2.11 bits per heavy atom. The Balaban J connectivity index is 0.00000144. The number of unbranched alkanes of at least 4 members (excludes halogenated alkanes) is 1. The Hall–Kier alpha value is -0.327. The Morgan fingerprint density at radius 3 is 2.78 bits per heavy atom. The zero-order valence-corrected chi connectivity index (χ0v) is 13.8. The Bertz CT molecular complexity index is 306. The van der Waals surface area contributed by atoms with Gasteiger partial charge in [0.2, 0.25) is 0 Å². The maximum Gasteiger partial charge on any atom is 2.00 e.